The molecule has 90 valence electrons. The van der Waals surface area contributed by atoms with E-state index in [0.717, 1.165) is 44.7 Å². The van der Waals surface area contributed by atoms with Crippen molar-refractivity contribution in [3.63, 3.8) is 0 Å². The second-order valence-electron chi connectivity index (χ2n) is 3.61. The van der Waals surface area contributed by atoms with Gasteiger partial charge in [0.2, 0.25) is 5.95 Å². The van der Waals surface area contributed by atoms with Crippen LogP contribution in [-0.2, 0) is 4.74 Å². The third-order valence-corrected chi connectivity index (χ3v) is 2.16. The van der Waals surface area contributed by atoms with Gasteiger partial charge in [0, 0.05) is 37.7 Å². The molecule has 0 aliphatic carbocycles. The molecule has 16 heavy (non-hydrogen) atoms. The van der Waals surface area contributed by atoms with Crippen molar-refractivity contribution in [1.29, 1.82) is 0 Å². The van der Waals surface area contributed by atoms with Crippen LogP contribution in [0.5, 0.6) is 0 Å². The molecule has 1 aromatic heterocycles. The first kappa shape index (κ1) is 12.9. The van der Waals surface area contributed by atoms with Crippen LogP contribution in [0.25, 0.3) is 0 Å². The van der Waals surface area contributed by atoms with E-state index in [0.29, 0.717) is 0 Å². The van der Waals surface area contributed by atoms with Crippen LogP contribution in [0.3, 0.4) is 0 Å². The van der Waals surface area contributed by atoms with Crippen LogP contribution in [0.4, 0.5) is 10.1 Å². The van der Waals surface area contributed by atoms with Gasteiger partial charge in [-0.05, 0) is 18.9 Å². The number of halogens is 1. The highest BCUT2D eigenvalue weighted by atomic mass is 19.1. The lowest BCUT2D eigenvalue weighted by Crippen LogP contribution is -2.06. The maximum atomic E-state index is 12.7. The molecule has 4 heteroatoms. The standard InChI is InChI=1S/C12H19FN2O/c1-2-3-8-16-9-4-6-14-11-5-7-15-12(13)10-11/h5,7,10H,2-4,6,8-9H2,1H3,(H,14,15). The van der Waals surface area contributed by atoms with Gasteiger partial charge in [-0.1, -0.05) is 13.3 Å². The Kier molecular flexibility index (Phi) is 6.49. The van der Waals surface area contributed by atoms with Crippen LogP contribution in [0.2, 0.25) is 0 Å². The molecule has 1 rings (SSSR count). The highest BCUT2D eigenvalue weighted by molar-refractivity contribution is 5.40. The second kappa shape index (κ2) is 8.05. The fourth-order valence-corrected chi connectivity index (χ4v) is 1.27. The van der Waals surface area contributed by atoms with E-state index >= 15 is 0 Å². The third kappa shape index (κ3) is 5.66. The second-order valence-corrected chi connectivity index (χ2v) is 3.61. The number of hydrogen-bond donors (Lipinski definition) is 1. The number of aromatic nitrogens is 1. The SMILES string of the molecule is CCCCOCCCNc1ccnc(F)c1. The van der Waals surface area contributed by atoms with E-state index < -0.39 is 5.95 Å². The topological polar surface area (TPSA) is 34.1 Å². The molecule has 0 atom stereocenters. The molecule has 3 nitrogen and oxygen atoms in total. The smallest absolute Gasteiger partial charge is 0.214 e. The molecule has 0 fully saturated rings. The molecule has 0 aliphatic rings. The minimum Gasteiger partial charge on any atom is -0.385 e. The van der Waals surface area contributed by atoms with Crippen LogP contribution in [-0.4, -0.2) is 24.7 Å². The molecule has 0 saturated heterocycles. The zero-order valence-electron chi connectivity index (χ0n) is 9.71. The summed E-state index contributed by atoms with van der Waals surface area (Å²) in [7, 11) is 0. The summed E-state index contributed by atoms with van der Waals surface area (Å²) in [4.78, 5) is 3.49. The Labute approximate surface area is 96.0 Å². The van der Waals surface area contributed by atoms with E-state index in [9.17, 15) is 4.39 Å². The molecular formula is C12H19FN2O. The molecule has 0 amide bonds. The number of ether oxygens (including phenoxy) is 1. The number of rotatable bonds is 8. The van der Waals surface area contributed by atoms with Gasteiger partial charge in [-0.2, -0.15) is 4.39 Å². The van der Waals surface area contributed by atoms with Crippen molar-refractivity contribution in [3.8, 4) is 0 Å². The first-order valence-electron chi connectivity index (χ1n) is 5.76. The zero-order chi connectivity index (χ0) is 11.6. The Balaban J connectivity index is 2.03. The fourth-order valence-electron chi connectivity index (χ4n) is 1.27. The minimum absolute atomic E-state index is 0.454. The average Bonchev–Trinajstić information content (AvgIpc) is 2.28. The van der Waals surface area contributed by atoms with Crippen molar-refractivity contribution < 1.29 is 9.13 Å². The van der Waals surface area contributed by atoms with Gasteiger partial charge in [0.25, 0.3) is 0 Å². The van der Waals surface area contributed by atoms with Gasteiger partial charge in [-0.25, -0.2) is 4.98 Å². The lowest BCUT2D eigenvalue weighted by atomic mass is 10.3. The Hall–Kier alpha value is -1.16. The molecule has 1 N–H and O–H groups in total. The van der Waals surface area contributed by atoms with Crippen molar-refractivity contribution in [1.82, 2.24) is 4.98 Å². The normalized spacial score (nSPS) is 10.4. The number of unbranched alkanes of at least 4 members (excludes halogenated alkanes) is 1. The van der Waals surface area contributed by atoms with E-state index in [-0.39, 0.29) is 0 Å². The van der Waals surface area contributed by atoms with Gasteiger partial charge < -0.3 is 10.1 Å². The summed E-state index contributed by atoms with van der Waals surface area (Å²) in [6.45, 7) is 4.51. The quantitative estimate of drug-likeness (QED) is 0.546. The van der Waals surface area contributed by atoms with E-state index in [4.69, 9.17) is 4.74 Å². The van der Waals surface area contributed by atoms with Gasteiger partial charge in [-0.3, -0.25) is 0 Å². The third-order valence-electron chi connectivity index (χ3n) is 2.16. The van der Waals surface area contributed by atoms with Crippen molar-refractivity contribution in [2.75, 3.05) is 25.1 Å². The van der Waals surface area contributed by atoms with Crippen LogP contribution in [0.15, 0.2) is 18.3 Å². The summed E-state index contributed by atoms with van der Waals surface area (Å²) in [5, 5.41) is 3.12. The molecule has 0 aliphatic heterocycles. The number of anilines is 1. The number of pyridine rings is 1. The summed E-state index contributed by atoms with van der Waals surface area (Å²) in [5.74, 6) is -0.454. The summed E-state index contributed by atoms with van der Waals surface area (Å²) in [6.07, 6.45) is 4.65. The monoisotopic (exact) mass is 226 g/mol. The molecule has 1 heterocycles. The summed E-state index contributed by atoms with van der Waals surface area (Å²) in [6, 6.07) is 3.14. The molecule has 0 bridgehead atoms. The van der Waals surface area contributed by atoms with Gasteiger partial charge in [0.05, 0.1) is 0 Å². The number of hydrogen-bond acceptors (Lipinski definition) is 3. The predicted molar refractivity (Wildman–Crippen MR) is 63.0 cm³/mol. The van der Waals surface area contributed by atoms with E-state index in [1.165, 1.54) is 12.3 Å². The van der Waals surface area contributed by atoms with Crippen molar-refractivity contribution in [3.05, 3.63) is 24.3 Å². The Morgan fingerprint density at radius 1 is 1.38 bits per heavy atom. The Morgan fingerprint density at radius 2 is 2.19 bits per heavy atom. The predicted octanol–water partition coefficient (Wildman–Crippen LogP) is 2.84. The van der Waals surface area contributed by atoms with Crippen LogP contribution in [0, 0.1) is 5.95 Å². The summed E-state index contributed by atoms with van der Waals surface area (Å²) < 4.78 is 18.1. The minimum atomic E-state index is -0.454. The van der Waals surface area contributed by atoms with E-state index in [1.54, 1.807) is 6.07 Å². The van der Waals surface area contributed by atoms with Gasteiger partial charge >= 0.3 is 0 Å². The molecule has 0 radical (unpaired) electrons. The van der Waals surface area contributed by atoms with E-state index in [2.05, 4.69) is 17.2 Å². The Morgan fingerprint density at radius 3 is 2.94 bits per heavy atom. The largest absolute Gasteiger partial charge is 0.385 e. The number of nitrogens with one attached hydrogen (secondary N) is 1. The lowest BCUT2D eigenvalue weighted by Gasteiger charge is -2.06. The molecule has 1 aromatic rings. The van der Waals surface area contributed by atoms with Gasteiger partial charge in [0.15, 0.2) is 0 Å². The molecule has 0 spiro atoms. The molecular weight excluding hydrogens is 207 g/mol. The van der Waals surface area contributed by atoms with Crippen molar-refractivity contribution in [2.45, 2.75) is 26.2 Å². The fraction of sp³-hybridized carbons (Fsp3) is 0.583. The Bertz CT molecular complexity index is 294. The zero-order valence-corrected chi connectivity index (χ0v) is 9.71. The maximum Gasteiger partial charge on any atom is 0.214 e. The van der Waals surface area contributed by atoms with E-state index in [1.807, 2.05) is 0 Å². The molecule has 0 unspecified atom stereocenters. The lowest BCUT2D eigenvalue weighted by molar-refractivity contribution is 0.131. The van der Waals surface area contributed by atoms with Crippen LogP contribution in [0.1, 0.15) is 26.2 Å². The molecule has 0 saturated carbocycles. The van der Waals surface area contributed by atoms with Gasteiger partial charge in [0.1, 0.15) is 0 Å². The maximum absolute atomic E-state index is 12.7. The van der Waals surface area contributed by atoms with Crippen molar-refractivity contribution >= 4 is 5.69 Å². The van der Waals surface area contributed by atoms with Crippen LogP contribution < -0.4 is 5.32 Å². The first-order chi connectivity index (χ1) is 7.83. The molecule has 0 aromatic carbocycles. The van der Waals surface area contributed by atoms with Gasteiger partial charge in [-0.15, -0.1) is 0 Å². The van der Waals surface area contributed by atoms with Crippen molar-refractivity contribution in [2.24, 2.45) is 0 Å². The van der Waals surface area contributed by atoms with Crippen LogP contribution >= 0.6 is 0 Å². The average molecular weight is 226 g/mol. The first-order valence-corrected chi connectivity index (χ1v) is 5.76. The number of nitrogens with zero attached hydrogens (tertiary/aromatic N) is 1. The summed E-state index contributed by atoms with van der Waals surface area (Å²) >= 11 is 0. The highest BCUT2D eigenvalue weighted by Crippen LogP contribution is 2.06. The summed E-state index contributed by atoms with van der Waals surface area (Å²) in [5.41, 5.74) is 0.765. The highest BCUT2D eigenvalue weighted by Gasteiger charge is 1.94.